The van der Waals surface area contributed by atoms with Crippen molar-refractivity contribution < 1.29 is 17.9 Å². The lowest BCUT2D eigenvalue weighted by Gasteiger charge is -2.13. The molecule has 0 bridgehead atoms. The maximum Gasteiger partial charge on any atom is 0.414 e. The molecule has 1 atom stereocenters. The Morgan fingerprint density at radius 3 is 2.52 bits per heavy atom. The second-order valence-corrected chi connectivity index (χ2v) is 8.63. The van der Waals surface area contributed by atoms with Crippen LogP contribution in [0.2, 0.25) is 0 Å². The Labute approximate surface area is 160 Å². The van der Waals surface area contributed by atoms with Crippen LogP contribution in [-0.4, -0.2) is 39.5 Å². The van der Waals surface area contributed by atoms with E-state index in [4.69, 9.17) is 4.74 Å². The number of amides is 1. The van der Waals surface area contributed by atoms with Gasteiger partial charge in [-0.05, 0) is 37.5 Å². The number of ether oxygens (including phenoxy) is 1. The number of hydrogen-bond acceptors (Lipinski definition) is 4. The van der Waals surface area contributed by atoms with Gasteiger partial charge in [-0.3, -0.25) is 4.90 Å². The molecule has 0 spiro atoms. The Kier molecular flexibility index (Phi) is 6.13. The molecule has 1 saturated heterocycles. The van der Waals surface area contributed by atoms with Crippen LogP contribution in [0.3, 0.4) is 0 Å². The molecule has 1 N–H and O–H groups in total. The molecule has 27 heavy (non-hydrogen) atoms. The van der Waals surface area contributed by atoms with E-state index in [-0.39, 0.29) is 12.3 Å². The Balaban J connectivity index is 1.46. The predicted octanol–water partition coefficient (Wildman–Crippen LogP) is 2.87. The van der Waals surface area contributed by atoms with Gasteiger partial charge in [-0.1, -0.05) is 48.0 Å². The fraction of sp³-hybridized carbons (Fsp3) is 0.350. The van der Waals surface area contributed by atoms with E-state index in [1.54, 1.807) is 0 Å². The number of sulfonamides is 1. The molecular weight excluding hydrogens is 364 g/mol. The third kappa shape index (κ3) is 5.55. The third-order valence-corrected chi connectivity index (χ3v) is 5.90. The smallest absolute Gasteiger partial charge is 0.414 e. The normalized spacial score (nSPS) is 17.1. The maximum absolute atomic E-state index is 12.2. The minimum absolute atomic E-state index is 0.0459. The van der Waals surface area contributed by atoms with Crippen molar-refractivity contribution in [2.75, 3.05) is 23.7 Å². The predicted molar refractivity (Wildman–Crippen MR) is 105 cm³/mol. The first kappa shape index (κ1) is 19.4. The molecule has 1 fully saturated rings. The first-order chi connectivity index (χ1) is 12.9. The van der Waals surface area contributed by atoms with Gasteiger partial charge in [0.25, 0.3) is 0 Å². The quantitative estimate of drug-likeness (QED) is 0.754. The van der Waals surface area contributed by atoms with Crippen LogP contribution in [0.1, 0.15) is 17.5 Å². The number of rotatable bonds is 8. The summed E-state index contributed by atoms with van der Waals surface area (Å²) in [6.07, 6.45) is 0.301. The van der Waals surface area contributed by atoms with Crippen LogP contribution in [0.25, 0.3) is 0 Å². The van der Waals surface area contributed by atoms with Crippen LogP contribution in [0.4, 0.5) is 10.5 Å². The molecule has 0 radical (unpaired) electrons. The summed E-state index contributed by atoms with van der Waals surface area (Å²) < 4.78 is 32.2. The van der Waals surface area contributed by atoms with Crippen molar-refractivity contribution >= 4 is 21.8 Å². The summed E-state index contributed by atoms with van der Waals surface area (Å²) >= 11 is 0. The molecule has 1 heterocycles. The van der Waals surface area contributed by atoms with Crippen molar-refractivity contribution in [2.24, 2.45) is 0 Å². The average molecular weight is 388 g/mol. The lowest BCUT2D eigenvalue weighted by Crippen LogP contribution is -2.36. The molecule has 0 aliphatic carbocycles. The Morgan fingerprint density at radius 2 is 1.81 bits per heavy atom. The minimum atomic E-state index is -3.40. The summed E-state index contributed by atoms with van der Waals surface area (Å²) in [4.78, 5) is 13.6. The third-order valence-electron chi connectivity index (χ3n) is 4.47. The summed E-state index contributed by atoms with van der Waals surface area (Å²) in [5.41, 5.74) is 2.97. The van der Waals surface area contributed by atoms with E-state index in [1.807, 2.05) is 61.5 Å². The van der Waals surface area contributed by atoms with Crippen LogP contribution in [0, 0.1) is 6.92 Å². The van der Waals surface area contributed by atoms with Crippen molar-refractivity contribution in [1.29, 1.82) is 0 Å². The fourth-order valence-electron chi connectivity index (χ4n) is 2.97. The number of anilines is 1. The van der Waals surface area contributed by atoms with Gasteiger partial charge in [0.15, 0.2) is 0 Å². The van der Waals surface area contributed by atoms with Gasteiger partial charge < -0.3 is 4.74 Å². The topological polar surface area (TPSA) is 75.7 Å². The van der Waals surface area contributed by atoms with Crippen LogP contribution < -0.4 is 9.62 Å². The molecule has 6 nitrogen and oxygen atoms in total. The number of carbonyl (C=O) groups excluding carboxylic acids is 1. The average Bonchev–Trinajstić information content (AvgIpc) is 3.02. The van der Waals surface area contributed by atoms with Crippen molar-refractivity contribution in [3.05, 3.63) is 65.7 Å². The van der Waals surface area contributed by atoms with Gasteiger partial charge in [-0.2, -0.15) is 0 Å². The van der Waals surface area contributed by atoms with Gasteiger partial charge >= 0.3 is 6.09 Å². The van der Waals surface area contributed by atoms with Crippen molar-refractivity contribution in [1.82, 2.24) is 4.72 Å². The highest BCUT2D eigenvalue weighted by molar-refractivity contribution is 7.89. The summed E-state index contributed by atoms with van der Waals surface area (Å²) in [6, 6.07) is 17.3. The van der Waals surface area contributed by atoms with E-state index in [2.05, 4.69) is 4.72 Å². The molecule has 1 unspecified atom stereocenters. The van der Waals surface area contributed by atoms with Crippen molar-refractivity contribution in [3.8, 4) is 0 Å². The monoisotopic (exact) mass is 388 g/mol. The molecule has 1 aliphatic heterocycles. The number of nitrogens with one attached hydrogen (secondary N) is 1. The van der Waals surface area contributed by atoms with Gasteiger partial charge in [-0.25, -0.2) is 17.9 Å². The number of nitrogens with zero attached hydrogens (tertiary/aromatic N) is 1. The number of aryl methyl sites for hydroxylation is 2. The van der Waals surface area contributed by atoms with E-state index >= 15 is 0 Å². The second kappa shape index (κ2) is 8.54. The highest BCUT2D eigenvalue weighted by atomic mass is 32.2. The first-order valence-corrected chi connectivity index (χ1v) is 10.6. The van der Waals surface area contributed by atoms with Crippen LogP contribution in [0.5, 0.6) is 0 Å². The SMILES string of the molecule is Cc1ccc(N2CC(CNS(=O)(=O)CCCc3ccccc3)OC2=O)cc1. The summed E-state index contributed by atoms with van der Waals surface area (Å²) in [6.45, 7) is 2.39. The summed E-state index contributed by atoms with van der Waals surface area (Å²) in [5, 5.41) is 0. The number of cyclic esters (lactones) is 1. The molecule has 1 amide bonds. The van der Waals surface area contributed by atoms with E-state index in [0.29, 0.717) is 19.4 Å². The zero-order chi connectivity index (χ0) is 19.3. The zero-order valence-electron chi connectivity index (χ0n) is 15.3. The maximum atomic E-state index is 12.2. The Hall–Kier alpha value is -2.38. The van der Waals surface area contributed by atoms with Gasteiger partial charge in [0, 0.05) is 12.2 Å². The van der Waals surface area contributed by atoms with Crippen molar-refractivity contribution in [2.45, 2.75) is 25.9 Å². The highest BCUT2D eigenvalue weighted by Crippen LogP contribution is 2.21. The Bertz CT molecular complexity index is 867. The summed E-state index contributed by atoms with van der Waals surface area (Å²) in [7, 11) is -3.40. The molecular formula is C20H24N2O4S. The number of hydrogen-bond donors (Lipinski definition) is 1. The molecule has 2 aromatic carbocycles. The highest BCUT2D eigenvalue weighted by Gasteiger charge is 2.32. The standard InChI is InChI=1S/C20H24N2O4S/c1-16-9-11-18(12-10-16)22-15-19(26-20(22)23)14-21-27(24,25)13-5-8-17-6-3-2-4-7-17/h2-4,6-7,9-12,19,21H,5,8,13-15H2,1H3. The number of benzene rings is 2. The Morgan fingerprint density at radius 1 is 1.11 bits per heavy atom. The molecule has 0 saturated carbocycles. The van der Waals surface area contributed by atoms with Gasteiger partial charge in [-0.15, -0.1) is 0 Å². The summed E-state index contributed by atoms with van der Waals surface area (Å²) in [5.74, 6) is 0.0459. The molecule has 7 heteroatoms. The van der Waals surface area contributed by atoms with Gasteiger partial charge in [0.05, 0.1) is 12.3 Å². The van der Waals surface area contributed by atoms with E-state index in [9.17, 15) is 13.2 Å². The number of carbonyl (C=O) groups is 1. The molecule has 3 rings (SSSR count). The fourth-order valence-corrected chi connectivity index (χ4v) is 4.07. The van der Waals surface area contributed by atoms with Crippen LogP contribution >= 0.6 is 0 Å². The first-order valence-electron chi connectivity index (χ1n) is 8.99. The van der Waals surface area contributed by atoms with E-state index < -0.39 is 22.2 Å². The lowest BCUT2D eigenvalue weighted by molar-refractivity contribution is 0.143. The second-order valence-electron chi connectivity index (χ2n) is 6.71. The largest absolute Gasteiger partial charge is 0.443 e. The van der Waals surface area contributed by atoms with Crippen LogP contribution in [-0.2, 0) is 21.2 Å². The van der Waals surface area contributed by atoms with Gasteiger partial charge in [0.1, 0.15) is 6.10 Å². The lowest BCUT2D eigenvalue weighted by atomic mass is 10.1. The van der Waals surface area contributed by atoms with Crippen LogP contribution in [0.15, 0.2) is 54.6 Å². The van der Waals surface area contributed by atoms with E-state index in [0.717, 1.165) is 16.8 Å². The van der Waals surface area contributed by atoms with E-state index in [1.165, 1.54) is 4.90 Å². The molecule has 2 aromatic rings. The van der Waals surface area contributed by atoms with Gasteiger partial charge in [0.2, 0.25) is 10.0 Å². The van der Waals surface area contributed by atoms with Crippen molar-refractivity contribution in [3.63, 3.8) is 0 Å². The minimum Gasteiger partial charge on any atom is -0.443 e. The molecule has 144 valence electrons. The zero-order valence-corrected chi connectivity index (χ0v) is 16.1. The molecule has 0 aromatic heterocycles. The molecule has 1 aliphatic rings.